The lowest BCUT2D eigenvalue weighted by atomic mass is 10.1. The van der Waals surface area contributed by atoms with E-state index in [1.165, 1.54) is 24.3 Å². The number of rotatable bonds is 8. The van der Waals surface area contributed by atoms with E-state index in [-0.39, 0.29) is 17.2 Å². The van der Waals surface area contributed by atoms with Gasteiger partial charge in [0.15, 0.2) is 0 Å². The van der Waals surface area contributed by atoms with Gasteiger partial charge in [-0.1, -0.05) is 13.8 Å². The van der Waals surface area contributed by atoms with Crippen LogP contribution in [-0.4, -0.2) is 32.1 Å². The van der Waals surface area contributed by atoms with Crippen molar-refractivity contribution < 1.29 is 23.1 Å². The van der Waals surface area contributed by atoms with E-state index in [4.69, 9.17) is 9.84 Å². The van der Waals surface area contributed by atoms with Gasteiger partial charge in [0.2, 0.25) is 10.0 Å². The number of aliphatic carboxylic acids is 1. The molecule has 1 unspecified atom stereocenters. The Bertz CT molecular complexity index is 566. The lowest BCUT2D eigenvalue weighted by Gasteiger charge is -2.16. The van der Waals surface area contributed by atoms with E-state index in [1.807, 2.05) is 20.8 Å². The van der Waals surface area contributed by atoms with Crippen LogP contribution in [0.4, 0.5) is 0 Å². The quantitative estimate of drug-likeness (QED) is 0.764. The third-order valence-corrected chi connectivity index (χ3v) is 4.24. The van der Waals surface area contributed by atoms with Gasteiger partial charge in [-0.15, -0.1) is 0 Å². The summed E-state index contributed by atoms with van der Waals surface area (Å²) in [5, 5.41) is 9.10. The zero-order chi connectivity index (χ0) is 16.0. The van der Waals surface area contributed by atoms with Crippen LogP contribution < -0.4 is 9.46 Å². The van der Waals surface area contributed by atoms with Crippen molar-refractivity contribution >= 4 is 16.0 Å². The van der Waals surface area contributed by atoms with Crippen LogP contribution >= 0.6 is 0 Å². The van der Waals surface area contributed by atoms with Crippen molar-refractivity contribution in [3.8, 4) is 5.75 Å². The number of carboxylic acids is 1. The second-order valence-electron chi connectivity index (χ2n) is 5.05. The Labute approximate surface area is 125 Å². The Hall–Kier alpha value is -1.60. The molecule has 1 aromatic rings. The Balaban J connectivity index is 2.91. The number of hydrogen-bond donors (Lipinski definition) is 2. The van der Waals surface area contributed by atoms with Gasteiger partial charge in [-0.05, 0) is 43.5 Å². The maximum Gasteiger partial charge on any atom is 0.321 e. The standard InChI is InChI=1S/C14H21NO5S/c1-4-20-11-5-7-12(8-6-11)21(18,19)15-13(14(16)17)9-10(2)3/h5-8,10,13,15H,4,9H2,1-3H3,(H,16,17). The molecule has 0 heterocycles. The van der Waals surface area contributed by atoms with Crippen LogP contribution in [0, 0.1) is 5.92 Å². The van der Waals surface area contributed by atoms with Crippen LogP contribution in [0.3, 0.4) is 0 Å². The highest BCUT2D eigenvalue weighted by atomic mass is 32.2. The van der Waals surface area contributed by atoms with Crippen molar-refractivity contribution in [3.05, 3.63) is 24.3 Å². The molecule has 1 aromatic carbocycles. The van der Waals surface area contributed by atoms with Gasteiger partial charge in [-0.2, -0.15) is 4.72 Å². The van der Waals surface area contributed by atoms with E-state index in [0.717, 1.165) is 0 Å². The summed E-state index contributed by atoms with van der Waals surface area (Å²) in [6.07, 6.45) is 0.228. The Kier molecular flexibility index (Phi) is 6.17. The van der Waals surface area contributed by atoms with Crippen LogP contribution in [-0.2, 0) is 14.8 Å². The summed E-state index contributed by atoms with van der Waals surface area (Å²) in [6, 6.07) is 4.72. The minimum absolute atomic E-state index is 0.0148. The van der Waals surface area contributed by atoms with Crippen molar-refractivity contribution in [1.29, 1.82) is 0 Å². The highest BCUT2D eigenvalue weighted by Gasteiger charge is 2.26. The van der Waals surface area contributed by atoms with E-state index in [9.17, 15) is 13.2 Å². The van der Waals surface area contributed by atoms with Gasteiger partial charge in [0.25, 0.3) is 0 Å². The van der Waals surface area contributed by atoms with Crippen LogP contribution in [0.5, 0.6) is 5.75 Å². The lowest BCUT2D eigenvalue weighted by Crippen LogP contribution is -2.41. The molecule has 21 heavy (non-hydrogen) atoms. The summed E-state index contributed by atoms with van der Waals surface area (Å²) >= 11 is 0. The third-order valence-electron chi connectivity index (χ3n) is 2.75. The topological polar surface area (TPSA) is 92.7 Å². The molecule has 0 spiro atoms. The van der Waals surface area contributed by atoms with Crippen molar-refractivity contribution in [1.82, 2.24) is 4.72 Å². The lowest BCUT2D eigenvalue weighted by molar-refractivity contribution is -0.139. The van der Waals surface area contributed by atoms with Gasteiger partial charge >= 0.3 is 5.97 Å². The Morgan fingerprint density at radius 3 is 2.29 bits per heavy atom. The first-order valence-electron chi connectivity index (χ1n) is 6.74. The molecule has 0 aromatic heterocycles. The minimum Gasteiger partial charge on any atom is -0.494 e. The smallest absolute Gasteiger partial charge is 0.321 e. The number of nitrogens with one attached hydrogen (secondary N) is 1. The van der Waals surface area contributed by atoms with E-state index in [1.54, 1.807) is 0 Å². The van der Waals surface area contributed by atoms with Crippen LogP contribution in [0.25, 0.3) is 0 Å². The minimum atomic E-state index is -3.87. The summed E-state index contributed by atoms with van der Waals surface area (Å²) in [6.45, 7) is 5.98. The molecule has 1 rings (SSSR count). The molecule has 0 saturated heterocycles. The molecule has 2 N–H and O–H groups in total. The van der Waals surface area contributed by atoms with Crippen molar-refractivity contribution in [2.45, 2.75) is 38.1 Å². The number of hydrogen-bond acceptors (Lipinski definition) is 4. The van der Waals surface area contributed by atoms with E-state index in [0.29, 0.717) is 12.4 Å². The molecule has 0 aliphatic rings. The van der Waals surface area contributed by atoms with Crippen molar-refractivity contribution in [3.63, 3.8) is 0 Å². The van der Waals surface area contributed by atoms with Gasteiger partial charge < -0.3 is 9.84 Å². The first-order chi connectivity index (χ1) is 9.76. The summed E-state index contributed by atoms with van der Waals surface area (Å²) < 4.78 is 31.8. The maximum atomic E-state index is 12.2. The molecule has 118 valence electrons. The average molecular weight is 315 g/mol. The van der Waals surface area contributed by atoms with Crippen molar-refractivity contribution in [2.75, 3.05) is 6.61 Å². The highest BCUT2D eigenvalue weighted by molar-refractivity contribution is 7.89. The Morgan fingerprint density at radius 2 is 1.86 bits per heavy atom. The maximum absolute atomic E-state index is 12.2. The average Bonchev–Trinajstić information content (AvgIpc) is 2.38. The molecule has 7 heteroatoms. The third kappa shape index (κ3) is 5.35. The van der Waals surface area contributed by atoms with Crippen LogP contribution in [0.1, 0.15) is 27.2 Å². The number of ether oxygens (including phenoxy) is 1. The molecule has 0 fully saturated rings. The van der Waals surface area contributed by atoms with E-state index in [2.05, 4.69) is 4.72 Å². The van der Waals surface area contributed by atoms with E-state index < -0.39 is 22.0 Å². The Morgan fingerprint density at radius 1 is 1.29 bits per heavy atom. The fraction of sp³-hybridized carbons (Fsp3) is 0.500. The molecule has 6 nitrogen and oxygen atoms in total. The second kappa shape index (κ2) is 7.42. The molecule has 1 atom stereocenters. The molecule has 0 saturated carbocycles. The molecule has 0 bridgehead atoms. The SMILES string of the molecule is CCOc1ccc(S(=O)(=O)NC(CC(C)C)C(=O)O)cc1. The van der Waals surface area contributed by atoms with Crippen LogP contribution in [0.2, 0.25) is 0 Å². The zero-order valence-electron chi connectivity index (χ0n) is 12.4. The monoisotopic (exact) mass is 315 g/mol. The predicted molar refractivity (Wildman–Crippen MR) is 78.8 cm³/mol. The molecular weight excluding hydrogens is 294 g/mol. The summed E-state index contributed by atoms with van der Waals surface area (Å²) in [5.41, 5.74) is 0. The number of benzene rings is 1. The van der Waals surface area contributed by atoms with Gasteiger partial charge in [0.05, 0.1) is 11.5 Å². The van der Waals surface area contributed by atoms with Gasteiger partial charge in [0.1, 0.15) is 11.8 Å². The fourth-order valence-electron chi connectivity index (χ4n) is 1.81. The molecule has 0 aliphatic carbocycles. The van der Waals surface area contributed by atoms with Gasteiger partial charge in [0, 0.05) is 0 Å². The summed E-state index contributed by atoms with van der Waals surface area (Å²) in [4.78, 5) is 11.2. The van der Waals surface area contributed by atoms with Crippen LogP contribution in [0.15, 0.2) is 29.2 Å². The normalized spacial score (nSPS) is 13.1. The van der Waals surface area contributed by atoms with Crippen molar-refractivity contribution in [2.24, 2.45) is 5.92 Å². The molecule has 0 amide bonds. The van der Waals surface area contributed by atoms with Gasteiger partial charge in [-0.3, -0.25) is 4.79 Å². The second-order valence-corrected chi connectivity index (χ2v) is 6.76. The highest BCUT2D eigenvalue weighted by Crippen LogP contribution is 2.17. The number of carbonyl (C=O) groups is 1. The largest absolute Gasteiger partial charge is 0.494 e. The van der Waals surface area contributed by atoms with Gasteiger partial charge in [-0.25, -0.2) is 8.42 Å². The summed E-state index contributed by atoms with van der Waals surface area (Å²) in [5.74, 6) is -0.555. The first-order valence-corrected chi connectivity index (χ1v) is 8.22. The number of carboxylic acid groups (broad SMARTS) is 1. The summed E-state index contributed by atoms with van der Waals surface area (Å²) in [7, 11) is -3.87. The predicted octanol–water partition coefficient (Wildman–Crippen LogP) is 1.86. The molecule has 0 radical (unpaired) electrons. The number of sulfonamides is 1. The zero-order valence-corrected chi connectivity index (χ0v) is 13.2. The first kappa shape index (κ1) is 17.5. The molecule has 0 aliphatic heterocycles. The fourth-order valence-corrected chi connectivity index (χ4v) is 3.01. The van der Waals surface area contributed by atoms with E-state index >= 15 is 0 Å². The molecular formula is C14H21NO5S.